The number of carbonyl (C=O) groups is 2. The molecule has 0 radical (unpaired) electrons. The van der Waals surface area contributed by atoms with Gasteiger partial charge in [-0.15, -0.1) is 23.2 Å². The second kappa shape index (κ2) is 9.78. The first kappa shape index (κ1) is 20.5. The fourth-order valence-corrected chi connectivity index (χ4v) is 3.76. The minimum absolute atomic E-state index is 0.0141. The Morgan fingerprint density at radius 3 is 2.56 bits per heavy atom. The number of carbonyl (C=O) groups excluding carboxylic acids is 2. The van der Waals surface area contributed by atoms with Gasteiger partial charge in [0.1, 0.15) is 6.29 Å². The van der Waals surface area contributed by atoms with Crippen molar-refractivity contribution in [2.75, 3.05) is 6.54 Å². The zero-order valence-electron chi connectivity index (χ0n) is 14.4. The first-order valence-electron chi connectivity index (χ1n) is 8.72. The van der Waals surface area contributed by atoms with E-state index in [0.29, 0.717) is 13.0 Å². The summed E-state index contributed by atoms with van der Waals surface area (Å²) in [6.07, 6.45) is 3.01. The molecule has 1 heterocycles. The van der Waals surface area contributed by atoms with Crippen molar-refractivity contribution in [3.05, 3.63) is 0 Å². The normalized spacial score (nSPS) is 35.8. The van der Waals surface area contributed by atoms with Gasteiger partial charge in [0, 0.05) is 25.0 Å². The van der Waals surface area contributed by atoms with Crippen LogP contribution < -0.4 is 32.3 Å². The largest absolute Gasteiger partial charge is 0.370 e. The monoisotopic (exact) mass is 394 g/mol. The third-order valence-corrected chi connectivity index (χ3v) is 5.61. The molecule has 10 heteroatoms. The highest BCUT2D eigenvalue weighted by molar-refractivity contribution is 6.30. The fraction of sp³-hybridized carbons (Fsp3) is 0.867. The Hall–Kier alpha value is -0.800. The van der Waals surface area contributed by atoms with Crippen molar-refractivity contribution in [1.82, 2.24) is 26.6 Å². The topological polar surface area (TPSA) is 120 Å². The average molecular weight is 395 g/mol. The first-order chi connectivity index (χ1) is 11.8. The van der Waals surface area contributed by atoms with Crippen LogP contribution in [0.25, 0.3) is 0 Å². The highest BCUT2D eigenvalue weighted by atomic mass is 35.5. The number of urea groups is 1. The number of rotatable bonds is 6. The molecule has 0 bridgehead atoms. The van der Waals surface area contributed by atoms with Crippen LogP contribution >= 0.6 is 23.2 Å². The van der Waals surface area contributed by atoms with Crippen molar-refractivity contribution >= 4 is 35.1 Å². The van der Waals surface area contributed by atoms with Gasteiger partial charge in [-0.05, 0) is 32.6 Å². The summed E-state index contributed by atoms with van der Waals surface area (Å²) >= 11 is 12.3. The van der Waals surface area contributed by atoms with Crippen LogP contribution in [0.5, 0.6) is 0 Å². The Kier molecular flexibility index (Phi) is 8.02. The highest BCUT2D eigenvalue weighted by Crippen LogP contribution is 2.27. The maximum Gasteiger partial charge on any atom is 0.317 e. The zero-order valence-corrected chi connectivity index (χ0v) is 15.9. The Bertz CT molecular complexity index is 469. The Labute approximate surface area is 158 Å². The molecule has 1 aliphatic heterocycles. The second-order valence-corrected chi connectivity index (χ2v) is 7.91. The molecule has 6 atom stereocenters. The van der Waals surface area contributed by atoms with Crippen molar-refractivity contribution in [1.29, 1.82) is 0 Å². The van der Waals surface area contributed by atoms with E-state index in [-0.39, 0.29) is 53.7 Å². The van der Waals surface area contributed by atoms with Gasteiger partial charge in [0.25, 0.3) is 0 Å². The average Bonchev–Trinajstić information content (AvgIpc) is 2.50. The van der Waals surface area contributed by atoms with Crippen LogP contribution in [-0.4, -0.2) is 53.8 Å². The van der Waals surface area contributed by atoms with Crippen LogP contribution in [0.1, 0.15) is 39.0 Å². The van der Waals surface area contributed by atoms with Gasteiger partial charge in [-0.3, -0.25) is 15.4 Å². The van der Waals surface area contributed by atoms with Crippen molar-refractivity contribution in [2.24, 2.45) is 5.73 Å². The lowest BCUT2D eigenvalue weighted by Gasteiger charge is -2.37. The summed E-state index contributed by atoms with van der Waals surface area (Å²) in [6.45, 7) is 2.54. The lowest BCUT2D eigenvalue weighted by atomic mass is 9.95. The van der Waals surface area contributed by atoms with Crippen molar-refractivity contribution in [2.45, 2.75) is 74.3 Å². The standard InChI is InChI=1S/C15H28Cl2N6O2/c1-8-6-13(19-5-4-12(18)24)22-14(20-8)23-15(25)21-9-2-3-10(16)11(17)7-9/h8-11,13-14,19-20,22H,2-7H2,1H3,(H2,18,24)(H2,21,23,25). The summed E-state index contributed by atoms with van der Waals surface area (Å²) < 4.78 is 0. The SMILES string of the molecule is CC1CC(NCCC(N)=O)NC(NC(=O)NC2CCC(Cl)C(Cl)C2)N1. The number of primary amides is 1. The van der Waals surface area contributed by atoms with E-state index < -0.39 is 0 Å². The number of halogens is 2. The molecule has 0 aromatic rings. The lowest BCUT2D eigenvalue weighted by Crippen LogP contribution is -2.68. The van der Waals surface area contributed by atoms with Gasteiger partial charge in [0.05, 0.1) is 16.9 Å². The van der Waals surface area contributed by atoms with Gasteiger partial charge in [0.15, 0.2) is 0 Å². The maximum absolute atomic E-state index is 12.2. The third kappa shape index (κ3) is 7.15. The lowest BCUT2D eigenvalue weighted by molar-refractivity contribution is -0.117. The van der Waals surface area contributed by atoms with E-state index in [0.717, 1.165) is 19.3 Å². The number of alkyl halides is 2. The molecule has 2 rings (SSSR count). The van der Waals surface area contributed by atoms with Crippen LogP contribution in [0.4, 0.5) is 4.79 Å². The Morgan fingerprint density at radius 2 is 1.88 bits per heavy atom. The van der Waals surface area contributed by atoms with Crippen LogP contribution in [-0.2, 0) is 4.79 Å². The van der Waals surface area contributed by atoms with Gasteiger partial charge < -0.3 is 21.7 Å². The molecular weight excluding hydrogens is 367 g/mol. The fourth-order valence-electron chi connectivity index (χ4n) is 3.19. The smallest absolute Gasteiger partial charge is 0.317 e. The second-order valence-electron chi connectivity index (χ2n) is 6.79. The van der Waals surface area contributed by atoms with Gasteiger partial charge in [-0.25, -0.2) is 4.79 Å². The summed E-state index contributed by atoms with van der Waals surface area (Å²) in [5.41, 5.74) is 5.14. The molecule has 2 aliphatic rings. The number of hydrogen-bond acceptors (Lipinski definition) is 5. The van der Waals surface area contributed by atoms with Crippen LogP contribution in [0.15, 0.2) is 0 Å². The van der Waals surface area contributed by atoms with E-state index >= 15 is 0 Å². The van der Waals surface area contributed by atoms with Gasteiger partial charge >= 0.3 is 6.03 Å². The van der Waals surface area contributed by atoms with Crippen molar-refractivity contribution in [3.63, 3.8) is 0 Å². The van der Waals surface area contributed by atoms with Crippen LogP contribution in [0.2, 0.25) is 0 Å². The minimum atomic E-state index is -0.369. The van der Waals surface area contributed by atoms with Crippen LogP contribution in [0, 0.1) is 0 Å². The van der Waals surface area contributed by atoms with E-state index in [1.807, 2.05) is 6.92 Å². The molecule has 8 nitrogen and oxygen atoms in total. The van der Waals surface area contributed by atoms with E-state index in [2.05, 4.69) is 26.6 Å². The Balaban J connectivity index is 1.74. The molecule has 1 saturated carbocycles. The van der Waals surface area contributed by atoms with Gasteiger partial charge in [-0.2, -0.15) is 0 Å². The van der Waals surface area contributed by atoms with E-state index in [9.17, 15) is 9.59 Å². The summed E-state index contributed by atoms with van der Waals surface area (Å²) in [6, 6.07) is -0.0172. The Morgan fingerprint density at radius 1 is 1.12 bits per heavy atom. The minimum Gasteiger partial charge on any atom is -0.370 e. The summed E-state index contributed by atoms with van der Waals surface area (Å²) in [4.78, 5) is 23.0. The molecule has 2 fully saturated rings. The molecule has 1 saturated heterocycles. The van der Waals surface area contributed by atoms with E-state index in [1.165, 1.54) is 0 Å². The van der Waals surface area contributed by atoms with Gasteiger partial charge in [-0.1, -0.05) is 0 Å². The highest BCUT2D eigenvalue weighted by Gasteiger charge is 2.30. The molecule has 0 spiro atoms. The molecule has 0 aromatic carbocycles. The quantitative estimate of drug-likeness (QED) is 0.357. The molecule has 1 aliphatic carbocycles. The molecule has 144 valence electrons. The third-order valence-electron chi connectivity index (χ3n) is 4.47. The molecule has 3 amide bonds. The molecule has 7 N–H and O–H groups in total. The van der Waals surface area contributed by atoms with Crippen molar-refractivity contribution < 1.29 is 9.59 Å². The molecule has 25 heavy (non-hydrogen) atoms. The summed E-state index contributed by atoms with van der Waals surface area (Å²) in [5, 5.41) is 15.4. The predicted molar refractivity (Wildman–Crippen MR) is 98.3 cm³/mol. The first-order valence-corrected chi connectivity index (χ1v) is 9.59. The maximum atomic E-state index is 12.2. The van der Waals surface area contributed by atoms with Crippen molar-refractivity contribution in [3.8, 4) is 0 Å². The van der Waals surface area contributed by atoms with E-state index in [4.69, 9.17) is 28.9 Å². The number of amides is 3. The number of nitrogens with one attached hydrogen (secondary N) is 5. The van der Waals surface area contributed by atoms with Crippen LogP contribution in [0.3, 0.4) is 0 Å². The number of nitrogens with two attached hydrogens (primary N) is 1. The predicted octanol–water partition coefficient (Wildman–Crippen LogP) is 0.0990. The molecular formula is C15H28Cl2N6O2. The summed E-state index contributed by atoms with van der Waals surface area (Å²) in [5.74, 6) is -0.340. The number of hydrogen-bond donors (Lipinski definition) is 6. The zero-order chi connectivity index (χ0) is 18.4. The summed E-state index contributed by atoms with van der Waals surface area (Å²) in [7, 11) is 0. The van der Waals surface area contributed by atoms with Gasteiger partial charge in [0.2, 0.25) is 5.91 Å². The van der Waals surface area contributed by atoms with E-state index in [1.54, 1.807) is 0 Å². The molecule has 6 unspecified atom stereocenters. The molecule has 0 aromatic heterocycles.